The van der Waals surface area contributed by atoms with Crippen molar-refractivity contribution in [1.29, 1.82) is 0 Å². The Labute approximate surface area is 111 Å². The summed E-state index contributed by atoms with van der Waals surface area (Å²) in [5, 5.41) is 3.62. The summed E-state index contributed by atoms with van der Waals surface area (Å²) in [5.74, 6) is 0. The highest BCUT2D eigenvalue weighted by Crippen LogP contribution is 2.07. The molecule has 2 rings (SSSR count). The van der Waals surface area contributed by atoms with Gasteiger partial charge >= 0.3 is 0 Å². The first-order chi connectivity index (χ1) is 8.84. The third-order valence-electron chi connectivity index (χ3n) is 3.62. The van der Waals surface area contributed by atoms with Crippen LogP contribution in [0.2, 0.25) is 0 Å². The highest BCUT2D eigenvalue weighted by atomic mass is 15.2. The van der Waals surface area contributed by atoms with Gasteiger partial charge < -0.3 is 10.2 Å². The first-order valence-electron chi connectivity index (χ1n) is 7.19. The summed E-state index contributed by atoms with van der Waals surface area (Å²) in [7, 11) is 0. The van der Waals surface area contributed by atoms with Gasteiger partial charge in [-0.05, 0) is 69.9 Å². The van der Waals surface area contributed by atoms with E-state index in [0.717, 1.165) is 13.0 Å². The van der Waals surface area contributed by atoms with Crippen molar-refractivity contribution in [3.8, 4) is 0 Å². The quantitative estimate of drug-likeness (QED) is 0.748. The zero-order chi connectivity index (χ0) is 12.6. The molecule has 1 aliphatic heterocycles. The van der Waals surface area contributed by atoms with Crippen LogP contribution in [0.5, 0.6) is 0 Å². The Bertz CT molecular complexity index is 320. The van der Waals surface area contributed by atoms with Crippen molar-refractivity contribution in [1.82, 2.24) is 15.2 Å². The van der Waals surface area contributed by atoms with Crippen LogP contribution in [0.3, 0.4) is 0 Å². The standard InChI is InChI=1S/C15H25N3/c1-14(13-18-11-2-3-12-18)17-8-4-5-15-6-9-16-10-7-15/h6-7,9-10,14,17H,2-5,8,11-13H2,1H3. The molecule has 2 heterocycles. The maximum Gasteiger partial charge on any atom is 0.0270 e. The van der Waals surface area contributed by atoms with Gasteiger partial charge in [0.1, 0.15) is 0 Å². The number of aromatic nitrogens is 1. The number of nitrogens with one attached hydrogen (secondary N) is 1. The van der Waals surface area contributed by atoms with Crippen molar-refractivity contribution < 1.29 is 0 Å². The maximum atomic E-state index is 4.04. The second kappa shape index (κ2) is 7.49. The van der Waals surface area contributed by atoms with Gasteiger partial charge in [-0.1, -0.05) is 0 Å². The van der Waals surface area contributed by atoms with Gasteiger partial charge in [-0.25, -0.2) is 0 Å². The van der Waals surface area contributed by atoms with E-state index in [1.54, 1.807) is 0 Å². The minimum Gasteiger partial charge on any atom is -0.313 e. The van der Waals surface area contributed by atoms with E-state index in [1.807, 2.05) is 12.4 Å². The average Bonchev–Trinajstić information content (AvgIpc) is 2.89. The smallest absolute Gasteiger partial charge is 0.0270 e. The fourth-order valence-corrected chi connectivity index (χ4v) is 2.61. The molecular weight excluding hydrogens is 222 g/mol. The van der Waals surface area contributed by atoms with E-state index >= 15 is 0 Å². The third kappa shape index (κ3) is 4.75. The summed E-state index contributed by atoms with van der Waals surface area (Å²) in [6, 6.07) is 4.82. The minimum absolute atomic E-state index is 0.612. The lowest BCUT2D eigenvalue weighted by atomic mass is 10.1. The lowest BCUT2D eigenvalue weighted by molar-refractivity contribution is 0.299. The van der Waals surface area contributed by atoms with Gasteiger partial charge in [0.2, 0.25) is 0 Å². The van der Waals surface area contributed by atoms with Crippen molar-refractivity contribution in [2.75, 3.05) is 26.2 Å². The third-order valence-corrected chi connectivity index (χ3v) is 3.62. The van der Waals surface area contributed by atoms with Gasteiger partial charge in [0, 0.05) is 25.0 Å². The highest BCUT2D eigenvalue weighted by molar-refractivity contribution is 5.09. The lowest BCUT2D eigenvalue weighted by Gasteiger charge is -2.21. The number of pyridine rings is 1. The molecule has 1 aliphatic rings. The molecule has 0 aliphatic carbocycles. The highest BCUT2D eigenvalue weighted by Gasteiger charge is 2.13. The zero-order valence-electron chi connectivity index (χ0n) is 11.4. The van der Waals surface area contributed by atoms with Gasteiger partial charge in [0.05, 0.1) is 0 Å². The topological polar surface area (TPSA) is 28.2 Å². The average molecular weight is 247 g/mol. The fraction of sp³-hybridized carbons (Fsp3) is 0.667. The molecule has 1 unspecified atom stereocenters. The largest absolute Gasteiger partial charge is 0.313 e. The van der Waals surface area contributed by atoms with Crippen LogP contribution in [-0.4, -0.2) is 42.1 Å². The molecule has 0 saturated carbocycles. The molecule has 1 aromatic rings. The molecule has 1 aromatic heterocycles. The molecule has 0 bridgehead atoms. The summed E-state index contributed by atoms with van der Waals surface area (Å²) in [6.45, 7) is 7.20. The van der Waals surface area contributed by atoms with Gasteiger partial charge in [-0.2, -0.15) is 0 Å². The Kier molecular flexibility index (Phi) is 5.62. The van der Waals surface area contributed by atoms with Gasteiger partial charge in [-0.3, -0.25) is 4.98 Å². The molecular formula is C15H25N3. The number of rotatable bonds is 7. The summed E-state index contributed by atoms with van der Waals surface area (Å²) in [6.07, 6.45) is 8.86. The second-order valence-electron chi connectivity index (χ2n) is 5.32. The van der Waals surface area contributed by atoms with Gasteiger partial charge in [-0.15, -0.1) is 0 Å². The number of hydrogen-bond donors (Lipinski definition) is 1. The van der Waals surface area contributed by atoms with Crippen molar-refractivity contribution in [3.05, 3.63) is 30.1 Å². The van der Waals surface area contributed by atoms with E-state index in [-0.39, 0.29) is 0 Å². The van der Waals surface area contributed by atoms with Crippen LogP contribution in [0, 0.1) is 0 Å². The van der Waals surface area contributed by atoms with Gasteiger partial charge in [0.15, 0.2) is 0 Å². The molecule has 0 aromatic carbocycles. The van der Waals surface area contributed by atoms with E-state index in [4.69, 9.17) is 0 Å². The van der Waals surface area contributed by atoms with Crippen LogP contribution >= 0.6 is 0 Å². The fourth-order valence-electron chi connectivity index (χ4n) is 2.61. The second-order valence-corrected chi connectivity index (χ2v) is 5.32. The molecule has 1 saturated heterocycles. The van der Waals surface area contributed by atoms with Crippen molar-refractivity contribution in [3.63, 3.8) is 0 Å². The Morgan fingerprint density at radius 2 is 2.00 bits per heavy atom. The van der Waals surface area contributed by atoms with E-state index in [0.29, 0.717) is 6.04 Å². The summed E-state index contributed by atoms with van der Waals surface area (Å²) < 4.78 is 0. The van der Waals surface area contributed by atoms with Crippen LogP contribution in [0.1, 0.15) is 31.7 Å². The van der Waals surface area contributed by atoms with Crippen molar-refractivity contribution in [2.45, 2.75) is 38.6 Å². The van der Waals surface area contributed by atoms with E-state index in [1.165, 1.54) is 44.5 Å². The first kappa shape index (κ1) is 13.5. The molecule has 1 atom stereocenters. The van der Waals surface area contributed by atoms with Crippen molar-refractivity contribution in [2.24, 2.45) is 0 Å². The molecule has 0 spiro atoms. The Balaban J connectivity index is 1.54. The molecule has 0 amide bonds. The Morgan fingerprint density at radius 3 is 2.72 bits per heavy atom. The number of likely N-dealkylation sites (tertiary alicyclic amines) is 1. The van der Waals surface area contributed by atoms with E-state index in [2.05, 4.69) is 34.3 Å². The van der Waals surface area contributed by atoms with Crippen LogP contribution in [-0.2, 0) is 6.42 Å². The molecule has 0 radical (unpaired) electrons. The summed E-state index contributed by atoms with van der Waals surface area (Å²) >= 11 is 0. The Hall–Kier alpha value is -0.930. The van der Waals surface area contributed by atoms with Crippen LogP contribution in [0.4, 0.5) is 0 Å². The zero-order valence-corrected chi connectivity index (χ0v) is 11.4. The van der Waals surface area contributed by atoms with Gasteiger partial charge in [0.25, 0.3) is 0 Å². The molecule has 18 heavy (non-hydrogen) atoms. The lowest BCUT2D eigenvalue weighted by Crippen LogP contribution is -2.38. The molecule has 3 nitrogen and oxygen atoms in total. The van der Waals surface area contributed by atoms with Crippen LogP contribution < -0.4 is 5.32 Å². The van der Waals surface area contributed by atoms with Crippen LogP contribution in [0.15, 0.2) is 24.5 Å². The predicted octanol–water partition coefficient (Wildman–Crippen LogP) is 2.09. The first-order valence-corrected chi connectivity index (χ1v) is 7.19. The minimum atomic E-state index is 0.612. The molecule has 100 valence electrons. The monoisotopic (exact) mass is 247 g/mol. The number of hydrogen-bond acceptors (Lipinski definition) is 3. The number of aryl methyl sites for hydroxylation is 1. The summed E-state index contributed by atoms with van der Waals surface area (Å²) in [5.41, 5.74) is 1.39. The van der Waals surface area contributed by atoms with Crippen molar-refractivity contribution >= 4 is 0 Å². The number of nitrogens with zero attached hydrogens (tertiary/aromatic N) is 2. The predicted molar refractivity (Wildman–Crippen MR) is 75.7 cm³/mol. The molecule has 1 N–H and O–H groups in total. The molecule has 1 fully saturated rings. The Morgan fingerprint density at radius 1 is 1.28 bits per heavy atom. The summed E-state index contributed by atoms with van der Waals surface area (Å²) in [4.78, 5) is 6.61. The molecule has 3 heteroatoms. The van der Waals surface area contributed by atoms with Crippen LogP contribution in [0.25, 0.3) is 0 Å². The maximum absolute atomic E-state index is 4.04. The normalized spacial score (nSPS) is 18.1. The SMILES string of the molecule is CC(CN1CCCC1)NCCCc1ccncc1. The van der Waals surface area contributed by atoms with E-state index < -0.39 is 0 Å². The van der Waals surface area contributed by atoms with E-state index in [9.17, 15) is 0 Å².